The molecule has 1 fully saturated rings. The maximum atomic E-state index is 11.9. The highest BCUT2D eigenvalue weighted by atomic mass is 16.3. The first-order chi connectivity index (χ1) is 9.11. The first-order valence-corrected chi connectivity index (χ1v) is 6.63. The molecule has 3 N–H and O–H groups in total. The highest BCUT2D eigenvalue weighted by molar-refractivity contribution is 5.99. The number of carbonyl (C=O) groups is 1. The van der Waals surface area contributed by atoms with Gasteiger partial charge in [0, 0.05) is 13.1 Å². The molecule has 0 saturated carbocycles. The zero-order valence-electron chi connectivity index (χ0n) is 11.1. The predicted octanol–water partition coefficient (Wildman–Crippen LogP) is 1.17. The van der Waals surface area contributed by atoms with E-state index in [2.05, 4.69) is 17.1 Å². The van der Waals surface area contributed by atoms with Crippen molar-refractivity contribution in [2.24, 2.45) is 5.92 Å². The zero-order chi connectivity index (χ0) is 13.8. The lowest BCUT2D eigenvalue weighted by Crippen LogP contribution is -2.31. The average Bonchev–Trinajstić information content (AvgIpc) is 2.84. The van der Waals surface area contributed by atoms with Gasteiger partial charge in [-0.15, -0.1) is 0 Å². The van der Waals surface area contributed by atoms with Crippen molar-refractivity contribution in [2.75, 3.05) is 26.2 Å². The molecule has 0 spiro atoms. The second-order valence-electron chi connectivity index (χ2n) is 4.93. The molecule has 2 rings (SSSR count). The third kappa shape index (κ3) is 3.17. The highest BCUT2D eigenvalue weighted by Gasteiger charge is 2.23. The summed E-state index contributed by atoms with van der Waals surface area (Å²) in [6, 6.07) is 4.28. The van der Waals surface area contributed by atoms with Crippen molar-refractivity contribution in [3.8, 4) is 11.5 Å². The Morgan fingerprint density at radius 1 is 1.42 bits per heavy atom. The van der Waals surface area contributed by atoms with Crippen molar-refractivity contribution < 1.29 is 15.0 Å². The molecule has 5 nitrogen and oxygen atoms in total. The number of hydrogen-bond donors (Lipinski definition) is 3. The molecule has 0 aromatic heterocycles. The number of nitrogens with one attached hydrogen (secondary N) is 1. The van der Waals surface area contributed by atoms with Crippen LogP contribution >= 0.6 is 0 Å². The van der Waals surface area contributed by atoms with Crippen LogP contribution in [0.5, 0.6) is 11.5 Å². The number of aromatic hydroxyl groups is 2. The van der Waals surface area contributed by atoms with Gasteiger partial charge >= 0.3 is 0 Å². The Bertz CT molecular complexity index is 442. The van der Waals surface area contributed by atoms with Gasteiger partial charge in [0.15, 0.2) is 0 Å². The topological polar surface area (TPSA) is 72.8 Å². The van der Waals surface area contributed by atoms with Crippen LogP contribution in [0, 0.1) is 5.92 Å². The number of nitrogens with zero attached hydrogens (tertiary/aromatic N) is 1. The molecule has 1 atom stereocenters. The summed E-state index contributed by atoms with van der Waals surface area (Å²) in [5, 5.41) is 22.0. The van der Waals surface area contributed by atoms with Crippen LogP contribution in [0.2, 0.25) is 0 Å². The summed E-state index contributed by atoms with van der Waals surface area (Å²) in [4.78, 5) is 14.3. The summed E-state index contributed by atoms with van der Waals surface area (Å²) >= 11 is 0. The van der Waals surface area contributed by atoms with E-state index in [0.29, 0.717) is 12.5 Å². The van der Waals surface area contributed by atoms with Crippen LogP contribution in [0.25, 0.3) is 0 Å². The number of phenolic OH excluding ortho intramolecular Hbond substituents is 2. The molecule has 1 heterocycles. The van der Waals surface area contributed by atoms with Gasteiger partial charge in [-0.05, 0) is 37.6 Å². The predicted molar refractivity (Wildman–Crippen MR) is 72.3 cm³/mol. The standard InChI is InChI=1S/C14H20N2O3/c1-2-16-7-6-10(9-16)8-15-14(19)13-11(17)4-3-5-12(13)18/h3-5,10,17-18H,2,6-9H2,1H3,(H,15,19). The van der Waals surface area contributed by atoms with E-state index in [4.69, 9.17) is 0 Å². The van der Waals surface area contributed by atoms with E-state index < -0.39 is 5.91 Å². The molecule has 1 aliphatic heterocycles. The maximum absolute atomic E-state index is 11.9. The molecule has 1 aliphatic rings. The molecule has 1 aromatic carbocycles. The first kappa shape index (κ1) is 13.7. The lowest BCUT2D eigenvalue weighted by molar-refractivity contribution is 0.0942. The third-order valence-corrected chi connectivity index (χ3v) is 3.62. The summed E-state index contributed by atoms with van der Waals surface area (Å²) in [5.41, 5.74) is -0.0483. The molecule has 19 heavy (non-hydrogen) atoms. The maximum Gasteiger partial charge on any atom is 0.258 e. The number of amides is 1. The molecule has 0 bridgehead atoms. The Morgan fingerprint density at radius 2 is 2.11 bits per heavy atom. The van der Waals surface area contributed by atoms with Crippen molar-refractivity contribution >= 4 is 5.91 Å². The van der Waals surface area contributed by atoms with Gasteiger partial charge in [0.2, 0.25) is 0 Å². The number of carbonyl (C=O) groups excluding carboxylic acids is 1. The summed E-state index contributed by atoms with van der Waals surface area (Å²) in [6.07, 6.45) is 1.07. The van der Waals surface area contributed by atoms with Crippen molar-refractivity contribution in [3.05, 3.63) is 23.8 Å². The van der Waals surface area contributed by atoms with Crippen molar-refractivity contribution in [2.45, 2.75) is 13.3 Å². The molecular weight excluding hydrogens is 244 g/mol. The number of rotatable bonds is 4. The fourth-order valence-corrected chi connectivity index (χ4v) is 2.45. The van der Waals surface area contributed by atoms with E-state index in [1.54, 1.807) is 0 Å². The van der Waals surface area contributed by atoms with Crippen LogP contribution in [-0.2, 0) is 0 Å². The minimum absolute atomic E-state index is 0.0483. The van der Waals surface area contributed by atoms with E-state index in [1.807, 2.05) is 0 Å². The van der Waals surface area contributed by atoms with Gasteiger partial charge in [0.25, 0.3) is 5.91 Å². The van der Waals surface area contributed by atoms with Crippen molar-refractivity contribution in [1.29, 1.82) is 0 Å². The van der Waals surface area contributed by atoms with E-state index in [1.165, 1.54) is 18.2 Å². The quantitative estimate of drug-likeness (QED) is 0.763. The van der Waals surface area contributed by atoms with Gasteiger partial charge in [-0.25, -0.2) is 0 Å². The van der Waals surface area contributed by atoms with Gasteiger partial charge in [-0.3, -0.25) is 4.79 Å². The Kier molecular flexibility index (Phi) is 4.27. The summed E-state index contributed by atoms with van der Waals surface area (Å²) in [7, 11) is 0. The van der Waals surface area contributed by atoms with Gasteiger partial charge < -0.3 is 20.4 Å². The zero-order valence-corrected chi connectivity index (χ0v) is 11.1. The largest absolute Gasteiger partial charge is 0.507 e. The molecule has 5 heteroatoms. The monoisotopic (exact) mass is 264 g/mol. The minimum Gasteiger partial charge on any atom is -0.507 e. The van der Waals surface area contributed by atoms with Gasteiger partial charge in [-0.1, -0.05) is 13.0 Å². The Hall–Kier alpha value is -1.75. The van der Waals surface area contributed by atoms with Crippen LogP contribution < -0.4 is 5.32 Å². The minimum atomic E-state index is -0.425. The molecule has 104 valence electrons. The Balaban J connectivity index is 1.92. The normalized spacial score (nSPS) is 19.5. The second-order valence-corrected chi connectivity index (χ2v) is 4.93. The van der Waals surface area contributed by atoms with Gasteiger partial charge in [0.05, 0.1) is 0 Å². The average molecular weight is 264 g/mol. The lowest BCUT2D eigenvalue weighted by Gasteiger charge is -2.14. The molecular formula is C14H20N2O3. The molecule has 0 aliphatic carbocycles. The molecule has 1 aromatic rings. The second kappa shape index (κ2) is 5.93. The molecule has 1 saturated heterocycles. The summed E-state index contributed by atoms with van der Waals surface area (Å²) in [6.45, 7) is 5.79. The summed E-state index contributed by atoms with van der Waals surface area (Å²) < 4.78 is 0. The van der Waals surface area contributed by atoms with Crippen LogP contribution in [0.3, 0.4) is 0 Å². The first-order valence-electron chi connectivity index (χ1n) is 6.63. The Labute approximate surface area is 112 Å². The number of hydrogen-bond acceptors (Lipinski definition) is 4. The number of likely N-dealkylation sites (tertiary alicyclic amines) is 1. The van der Waals surface area contributed by atoms with Gasteiger partial charge in [-0.2, -0.15) is 0 Å². The third-order valence-electron chi connectivity index (χ3n) is 3.62. The Morgan fingerprint density at radius 3 is 2.68 bits per heavy atom. The summed E-state index contributed by atoms with van der Waals surface area (Å²) in [5.74, 6) is -0.374. The molecule has 0 radical (unpaired) electrons. The smallest absolute Gasteiger partial charge is 0.258 e. The highest BCUT2D eigenvalue weighted by Crippen LogP contribution is 2.26. The van der Waals surface area contributed by atoms with E-state index in [9.17, 15) is 15.0 Å². The van der Waals surface area contributed by atoms with Gasteiger partial charge in [0.1, 0.15) is 17.1 Å². The van der Waals surface area contributed by atoms with Crippen LogP contribution in [-0.4, -0.2) is 47.2 Å². The van der Waals surface area contributed by atoms with Crippen molar-refractivity contribution in [1.82, 2.24) is 10.2 Å². The van der Waals surface area contributed by atoms with Crippen LogP contribution in [0.15, 0.2) is 18.2 Å². The molecule has 1 unspecified atom stereocenters. The number of benzene rings is 1. The van der Waals surface area contributed by atoms with E-state index in [-0.39, 0.29) is 17.1 Å². The van der Waals surface area contributed by atoms with E-state index in [0.717, 1.165) is 26.1 Å². The van der Waals surface area contributed by atoms with Crippen LogP contribution in [0.4, 0.5) is 0 Å². The molecule has 1 amide bonds. The fraction of sp³-hybridized carbons (Fsp3) is 0.500. The van der Waals surface area contributed by atoms with E-state index >= 15 is 0 Å². The SMILES string of the molecule is CCN1CCC(CNC(=O)c2c(O)cccc2O)C1. The fourth-order valence-electron chi connectivity index (χ4n) is 2.45. The van der Waals surface area contributed by atoms with Crippen LogP contribution in [0.1, 0.15) is 23.7 Å². The van der Waals surface area contributed by atoms with Crippen molar-refractivity contribution in [3.63, 3.8) is 0 Å². The number of phenols is 2. The lowest BCUT2D eigenvalue weighted by atomic mass is 10.1.